The minimum absolute atomic E-state index is 0.155. The summed E-state index contributed by atoms with van der Waals surface area (Å²) in [5.74, 6) is 2.03. The van der Waals surface area contributed by atoms with Gasteiger partial charge in [0.1, 0.15) is 23.7 Å². The highest BCUT2D eigenvalue weighted by atomic mass is 79.9. The van der Waals surface area contributed by atoms with Crippen molar-refractivity contribution in [2.75, 3.05) is 0 Å². The molecule has 128 valence electrons. The van der Waals surface area contributed by atoms with Crippen LogP contribution in [0, 0.1) is 6.92 Å². The Hall–Kier alpha value is -1.48. The molecule has 24 heavy (non-hydrogen) atoms. The van der Waals surface area contributed by atoms with E-state index in [4.69, 9.17) is 9.47 Å². The smallest absolute Gasteiger partial charge is 0.138 e. The lowest BCUT2D eigenvalue weighted by Crippen LogP contribution is -2.24. The van der Waals surface area contributed by atoms with Gasteiger partial charge >= 0.3 is 0 Å². The number of rotatable bonds is 5. The number of halogens is 1. The van der Waals surface area contributed by atoms with Gasteiger partial charge in [-0.05, 0) is 48.7 Å². The van der Waals surface area contributed by atoms with Crippen molar-refractivity contribution < 1.29 is 9.47 Å². The fraction of sp³-hybridized carbons (Fsp3) is 0.429. The second-order valence-electron chi connectivity index (χ2n) is 7.12. The van der Waals surface area contributed by atoms with Crippen molar-refractivity contribution in [3.63, 3.8) is 0 Å². The molecule has 2 aromatic carbocycles. The minimum Gasteiger partial charge on any atom is -0.488 e. The fourth-order valence-electron chi connectivity index (χ4n) is 3.37. The van der Waals surface area contributed by atoms with Gasteiger partial charge in [0.2, 0.25) is 0 Å². The van der Waals surface area contributed by atoms with Crippen LogP contribution in [0.15, 0.2) is 34.8 Å². The molecular formula is C21H25BrO2. The van der Waals surface area contributed by atoms with Gasteiger partial charge in [-0.1, -0.05) is 43.7 Å². The van der Waals surface area contributed by atoms with E-state index in [1.165, 1.54) is 16.7 Å². The van der Waals surface area contributed by atoms with Crippen LogP contribution in [0.5, 0.6) is 11.5 Å². The summed E-state index contributed by atoms with van der Waals surface area (Å²) in [4.78, 5) is 0. The summed E-state index contributed by atoms with van der Waals surface area (Å²) >= 11 is 3.74. The van der Waals surface area contributed by atoms with Gasteiger partial charge < -0.3 is 9.47 Å². The topological polar surface area (TPSA) is 18.5 Å². The maximum absolute atomic E-state index is 6.30. The zero-order valence-corrected chi connectivity index (χ0v) is 16.5. The first-order valence-corrected chi connectivity index (χ1v) is 9.42. The van der Waals surface area contributed by atoms with Crippen LogP contribution >= 0.6 is 15.9 Å². The molecule has 2 aromatic rings. The van der Waals surface area contributed by atoms with E-state index < -0.39 is 0 Å². The maximum atomic E-state index is 6.30. The second-order valence-corrected chi connectivity index (χ2v) is 7.91. The molecule has 0 fully saturated rings. The van der Waals surface area contributed by atoms with E-state index >= 15 is 0 Å². The van der Waals surface area contributed by atoms with Crippen molar-refractivity contribution in [2.24, 2.45) is 0 Å². The van der Waals surface area contributed by atoms with Gasteiger partial charge in [0.05, 0.1) is 4.47 Å². The first-order valence-electron chi connectivity index (χ1n) is 8.62. The normalized spacial score (nSPS) is 15.0. The average Bonchev–Trinajstić information content (AvgIpc) is 2.89. The molecule has 0 spiro atoms. The third-order valence-electron chi connectivity index (χ3n) is 4.49. The summed E-state index contributed by atoms with van der Waals surface area (Å²) in [6.45, 7) is 9.21. The van der Waals surface area contributed by atoms with Crippen LogP contribution < -0.4 is 9.47 Å². The van der Waals surface area contributed by atoms with Gasteiger partial charge in [0.25, 0.3) is 0 Å². The number of ether oxygens (including phenoxy) is 2. The Morgan fingerprint density at radius 1 is 1.21 bits per heavy atom. The zero-order chi connectivity index (χ0) is 17.3. The second kappa shape index (κ2) is 6.79. The first kappa shape index (κ1) is 17.3. The van der Waals surface area contributed by atoms with Crippen LogP contribution in [0.25, 0.3) is 0 Å². The number of fused-ring (bicyclic) bond motifs is 1. The summed E-state index contributed by atoms with van der Waals surface area (Å²) in [6, 6.07) is 10.3. The van der Waals surface area contributed by atoms with Crippen molar-refractivity contribution in [1.82, 2.24) is 0 Å². The Kier molecular flexibility index (Phi) is 4.91. The Labute approximate surface area is 153 Å². The number of hydrogen-bond donors (Lipinski definition) is 0. The lowest BCUT2D eigenvalue weighted by molar-refractivity contribution is 0.137. The molecule has 2 nitrogen and oxygen atoms in total. The first-order chi connectivity index (χ1) is 11.4. The molecule has 3 rings (SSSR count). The van der Waals surface area contributed by atoms with Crippen LogP contribution in [-0.2, 0) is 19.4 Å². The summed E-state index contributed by atoms with van der Waals surface area (Å²) < 4.78 is 13.5. The van der Waals surface area contributed by atoms with Crippen LogP contribution in [0.1, 0.15) is 49.4 Å². The van der Waals surface area contributed by atoms with E-state index in [-0.39, 0.29) is 5.60 Å². The Bertz CT molecular complexity index is 735. The molecule has 1 aliphatic rings. The van der Waals surface area contributed by atoms with Gasteiger partial charge in [0, 0.05) is 23.1 Å². The monoisotopic (exact) mass is 388 g/mol. The number of benzene rings is 2. The van der Waals surface area contributed by atoms with E-state index in [0.29, 0.717) is 6.61 Å². The lowest BCUT2D eigenvalue weighted by Gasteiger charge is -2.19. The van der Waals surface area contributed by atoms with Gasteiger partial charge in [-0.3, -0.25) is 0 Å². The van der Waals surface area contributed by atoms with Gasteiger partial charge in [-0.15, -0.1) is 0 Å². The van der Waals surface area contributed by atoms with Gasteiger partial charge in [-0.2, -0.15) is 0 Å². The number of hydrogen-bond acceptors (Lipinski definition) is 2. The molecular weight excluding hydrogens is 364 g/mol. The molecule has 1 heterocycles. The van der Waals surface area contributed by atoms with Gasteiger partial charge in [0.15, 0.2) is 0 Å². The molecule has 3 heteroatoms. The summed E-state index contributed by atoms with van der Waals surface area (Å²) in [5, 5.41) is 0. The molecule has 0 N–H and O–H groups in total. The molecule has 0 aliphatic carbocycles. The highest BCUT2D eigenvalue weighted by Gasteiger charge is 2.36. The van der Waals surface area contributed by atoms with Crippen LogP contribution in [0.4, 0.5) is 0 Å². The van der Waals surface area contributed by atoms with Crippen LogP contribution in [-0.4, -0.2) is 5.60 Å². The van der Waals surface area contributed by atoms with E-state index in [2.05, 4.69) is 55.8 Å². The molecule has 0 unspecified atom stereocenters. The van der Waals surface area contributed by atoms with E-state index in [1.54, 1.807) is 0 Å². The average molecular weight is 389 g/mol. The molecule has 0 saturated carbocycles. The lowest BCUT2D eigenvalue weighted by atomic mass is 9.93. The molecule has 0 amide bonds. The van der Waals surface area contributed by atoms with Crippen LogP contribution in [0.2, 0.25) is 0 Å². The van der Waals surface area contributed by atoms with Crippen molar-refractivity contribution >= 4 is 15.9 Å². The van der Waals surface area contributed by atoms with Crippen molar-refractivity contribution in [3.05, 3.63) is 57.1 Å². The standard InChI is InChI=1S/C21H25BrO2/c1-5-9-16-17-12-21(3,4)24-20(17)18(22)14(2)19(16)23-13-15-10-7-6-8-11-15/h6-8,10-11H,5,9,12-13H2,1-4H3. The van der Waals surface area contributed by atoms with Crippen LogP contribution in [0.3, 0.4) is 0 Å². The third-order valence-corrected chi connectivity index (χ3v) is 5.44. The van der Waals surface area contributed by atoms with E-state index in [0.717, 1.165) is 40.8 Å². The maximum Gasteiger partial charge on any atom is 0.138 e. The predicted octanol–water partition coefficient (Wildman–Crippen LogP) is 6.00. The molecule has 0 atom stereocenters. The molecule has 0 radical (unpaired) electrons. The SMILES string of the molecule is CCCc1c2c(c(Br)c(C)c1OCc1ccccc1)OC(C)(C)C2. The predicted molar refractivity (Wildman–Crippen MR) is 102 cm³/mol. The molecule has 0 aromatic heterocycles. The van der Waals surface area contributed by atoms with Gasteiger partial charge in [-0.25, -0.2) is 0 Å². The Balaban J connectivity index is 2.01. The van der Waals surface area contributed by atoms with Crippen molar-refractivity contribution in [2.45, 2.75) is 59.2 Å². The largest absolute Gasteiger partial charge is 0.488 e. The van der Waals surface area contributed by atoms with E-state index in [1.807, 2.05) is 18.2 Å². The van der Waals surface area contributed by atoms with E-state index in [9.17, 15) is 0 Å². The zero-order valence-electron chi connectivity index (χ0n) is 14.9. The Morgan fingerprint density at radius 2 is 1.92 bits per heavy atom. The molecule has 1 aliphatic heterocycles. The highest BCUT2D eigenvalue weighted by Crippen LogP contribution is 2.48. The van der Waals surface area contributed by atoms with Crippen molar-refractivity contribution in [3.8, 4) is 11.5 Å². The molecule has 0 bridgehead atoms. The third kappa shape index (κ3) is 3.32. The molecule has 0 saturated heterocycles. The minimum atomic E-state index is -0.155. The fourth-order valence-corrected chi connectivity index (χ4v) is 3.87. The quantitative estimate of drug-likeness (QED) is 0.624. The summed E-state index contributed by atoms with van der Waals surface area (Å²) in [7, 11) is 0. The summed E-state index contributed by atoms with van der Waals surface area (Å²) in [6.07, 6.45) is 3.04. The summed E-state index contributed by atoms with van der Waals surface area (Å²) in [5.41, 5.74) is 4.79. The Morgan fingerprint density at radius 3 is 2.58 bits per heavy atom. The van der Waals surface area contributed by atoms with Crippen molar-refractivity contribution in [1.29, 1.82) is 0 Å². The highest BCUT2D eigenvalue weighted by molar-refractivity contribution is 9.10.